The van der Waals surface area contributed by atoms with Crippen LogP contribution < -0.4 is 0 Å². The summed E-state index contributed by atoms with van der Waals surface area (Å²) >= 11 is 0. The topological polar surface area (TPSA) is 83.5 Å². The zero-order valence-electron chi connectivity index (χ0n) is 10.2. The van der Waals surface area contributed by atoms with Crippen LogP contribution in [0.4, 0.5) is 0 Å². The first-order valence-corrected chi connectivity index (χ1v) is 5.52. The number of rotatable bonds is 3. The molecule has 5 heteroatoms. The van der Waals surface area contributed by atoms with Gasteiger partial charge < -0.3 is 14.3 Å². The molecule has 0 amide bonds. The van der Waals surface area contributed by atoms with Gasteiger partial charge >= 0.3 is 5.97 Å². The standard InChI is InChI=1S/C14H11NO4/c1-18-14(17)12-6-5-11(19-12)13(16)10-4-2-3-9(7-10)8-15/h2-7,13,16H,1H3. The molecule has 96 valence electrons. The Bertz CT molecular complexity index is 639. The van der Waals surface area contributed by atoms with Crippen LogP contribution in [-0.2, 0) is 4.74 Å². The number of benzene rings is 1. The molecule has 1 atom stereocenters. The van der Waals surface area contributed by atoms with Gasteiger partial charge in [-0.15, -0.1) is 0 Å². The highest BCUT2D eigenvalue weighted by molar-refractivity contribution is 5.86. The van der Waals surface area contributed by atoms with E-state index in [9.17, 15) is 9.90 Å². The Kier molecular flexibility index (Phi) is 3.64. The molecule has 1 N–H and O–H groups in total. The highest BCUT2D eigenvalue weighted by Crippen LogP contribution is 2.24. The highest BCUT2D eigenvalue weighted by Gasteiger charge is 2.18. The lowest BCUT2D eigenvalue weighted by atomic mass is 10.1. The fourth-order valence-electron chi connectivity index (χ4n) is 1.65. The molecule has 19 heavy (non-hydrogen) atoms. The number of nitriles is 1. The van der Waals surface area contributed by atoms with Crippen LogP contribution in [0.2, 0.25) is 0 Å². The Morgan fingerprint density at radius 2 is 2.21 bits per heavy atom. The molecule has 0 aliphatic rings. The quantitative estimate of drug-likeness (QED) is 0.850. The van der Waals surface area contributed by atoms with E-state index in [0.29, 0.717) is 11.1 Å². The maximum Gasteiger partial charge on any atom is 0.373 e. The minimum absolute atomic E-state index is 0.0213. The zero-order chi connectivity index (χ0) is 13.8. The minimum atomic E-state index is -1.04. The smallest absolute Gasteiger partial charge is 0.373 e. The maximum atomic E-state index is 11.2. The molecular weight excluding hydrogens is 246 g/mol. The summed E-state index contributed by atoms with van der Waals surface area (Å²) < 4.78 is 9.73. The third kappa shape index (κ3) is 2.64. The average molecular weight is 257 g/mol. The first-order valence-electron chi connectivity index (χ1n) is 5.52. The highest BCUT2D eigenvalue weighted by atomic mass is 16.5. The lowest BCUT2D eigenvalue weighted by Crippen LogP contribution is -2.00. The molecule has 1 heterocycles. The average Bonchev–Trinajstić information content (AvgIpc) is 2.95. The number of furan rings is 1. The summed E-state index contributed by atoms with van der Waals surface area (Å²) in [5.41, 5.74) is 0.959. The summed E-state index contributed by atoms with van der Waals surface area (Å²) in [6.45, 7) is 0. The number of esters is 1. The second-order valence-electron chi connectivity index (χ2n) is 3.83. The minimum Gasteiger partial charge on any atom is -0.463 e. The van der Waals surface area contributed by atoms with E-state index < -0.39 is 12.1 Å². The molecule has 0 saturated carbocycles. The van der Waals surface area contributed by atoms with E-state index in [2.05, 4.69) is 4.74 Å². The van der Waals surface area contributed by atoms with Crippen LogP contribution in [0, 0.1) is 11.3 Å². The van der Waals surface area contributed by atoms with Crippen molar-refractivity contribution in [1.82, 2.24) is 0 Å². The number of aliphatic hydroxyl groups excluding tert-OH is 1. The molecule has 0 spiro atoms. The van der Waals surface area contributed by atoms with Crippen LogP contribution >= 0.6 is 0 Å². The van der Waals surface area contributed by atoms with Gasteiger partial charge in [-0.2, -0.15) is 5.26 Å². The van der Waals surface area contributed by atoms with Gasteiger partial charge in [-0.3, -0.25) is 0 Å². The van der Waals surface area contributed by atoms with Gasteiger partial charge in [-0.05, 0) is 29.8 Å². The number of carbonyl (C=O) groups is 1. The molecule has 1 aromatic heterocycles. The number of nitrogens with zero attached hydrogens (tertiary/aromatic N) is 1. The monoisotopic (exact) mass is 257 g/mol. The Morgan fingerprint density at radius 1 is 1.42 bits per heavy atom. The van der Waals surface area contributed by atoms with Crippen molar-refractivity contribution in [1.29, 1.82) is 5.26 Å². The summed E-state index contributed by atoms with van der Waals surface area (Å²) in [5.74, 6) is -0.368. The molecular formula is C14H11NO4. The Balaban J connectivity index is 2.28. The normalized spacial score (nSPS) is 11.6. The van der Waals surface area contributed by atoms with Gasteiger partial charge in [0, 0.05) is 0 Å². The van der Waals surface area contributed by atoms with Crippen molar-refractivity contribution in [2.75, 3.05) is 7.11 Å². The number of aliphatic hydroxyl groups is 1. The lowest BCUT2D eigenvalue weighted by Gasteiger charge is -2.08. The Labute approximate surface area is 109 Å². The van der Waals surface area contributed by atoms with Gasteiger partial charge in [0.1, 0.15) is 11.9 Å². The van der Waals surface area contributed by atoms with Crippen LogP contribution in [0.1, 0.15) is 33.5 Å². The van der Waals surface area contributed by atoms with E-state index >= 15 is 0 Å². The molecule has 0 radical (unpaired) electrons. The largest absolute Gasteiger partial charge is 0.463 e. The summed E-state index contributed by atoms with van der Waals surface area (Å²) in [5, 5.41) is 18.9. The molecule has 0 bridgehead atoms. The first kappa shape index (κ1) is 12.9. The summed E-state index contributed by atoms with van der Waals surface area (Å²) in [6.07, 6.45) is -1.04. The van der Waals surface area contributed by atoms with Crippen molar-refractivity contribution < 1.29 is 19.1 Å². The Hall–Kier alpha value is -2.58. The zero-order valence-corrected chi connectivity index (χ0v) is 10.2. The predicted molar refractivity (Wildman–Crippen MR) is 65.3 cm³/mol. The summed E-state index contributed by atoms with van der Waals surface area (Å²) in [4.78, 5) is 11.2. The third-order valence-electron chi connectivity index (χ3n) is 2.61. The van der Waals surface area contributed by atoms with Crippen molar-refractivity contribution in [3.63, 3.8) is 0 Å². The fraction of sp³-hybridized carbons (Fsp3) is 0.143. The number of carbonyl (C=O) groups excluding carboxylic acids is 1. The van der Waals surface area contributed by atoms with E-state index in [0.717, 1.165) is 0 Å². The van der Waals surface area contributed by atoms with Gasteiger partial charge in [-0.25, -0.2) is 4.79 Å². The maximum absolute atomic E-state index is 11.2. The number of ether oxygens (including phenoxy) is 1. The molecule has 0 aliphatic carbocycles. The van der Waals surface area contributed by atoms with Gasteiger partial charge in [0.05, 0.1) is 18.7 Å². The number of hydrogen-bond acceptors (Lipinski definition) is 5. The van der Waals surface area contributed by atoms with Crippen LogP contribution in [0.25, 0.3) is 0 Å². The third-order valence-corrected chi connectivity index (χ3v) is 2.61. The molecule has 2 rings (SSSR count). The number of hydrogen-bond donors (Lipinski definition) is 1. The first-order chi connectivity index (χ1) is 9.15. The molecule has 5 nitrogen and oxygen atoms in total. The predicted octanol–water partition coefficient (Wildman–Crippen LogP) is 2.02. The van der Waals surface area contributed by atoms with Crippen molar-refractivity contribution in [3.05, 3.63) is 59.0 Å². The molecule has 0 aliphatic heterocycles. The van der Waals surface area contributed by atoms with Crippen molar-refractivity contribution in [3.8, 4) is 6.07 Å². The van der Waals surface area contributed by atoms with E-state index in [-0.39, 0.29) is 11.5 Å². The van der Waals surface area contributed by atoms with Gasteiger partial charge in [0.15, 0.2) is 0 Å². The van der Waals surface area contributed by atoms with Gasteiger partial charge in [0.25, 0.3) is 0 Å². The van der Waals surface area contributed by atoms with Crippen LogP contribution in [0.5, 0.6) is 0 Å². The van der Waals surface area contributed by atoms with E-state index in [1.54, 1.807) is 24.3 Å². The molecule has 0 fully saturated rings. The summed E-state index contributed by atoms with van der Waals surface area (Å²) in [6, 6.07) is 11.5. The fourth-order valence-corrected chi connectivity index (χ4v) is 1.65. The van der Waals surface area contributed by atoms with Crippen LogP contribution in [-0.4, -0.2) is 18.2 Å². The molecule has 0 saturated heterocycles. The Morgan fingerprint density at radius 3 is 2.89 bits per heavy atom. The van der Waals surface area contributed by atoms with E-state index in [4.69, 9.17) is 9.68 Å². The number of methoxy groups -OCH3 is 1. The van der Waals surface area contributed by atoms with Gasteiger partial charge in [-0.1, -0.05) is 12.1 Å². The second kappa shape index (κ2) is 5.38. The molecule has 2 aromatic rings. The van der Waals surface area contributed by atoms with Gasteiger partial charge in [0.2, 0.25) is 5.76 Å². The molecule has 1 aromatic carbocycles. The van der Waals surface area contributed by atoms with Crippen molar-refractivity contribution in [2.45, 2.75) is 6.10 Å². The summed E-state index contributed by atoms with van der Waals surface area (Å²) in [7, 11) is 1.25. The van der Waals surface area contributed by atoms with E-state index in [1.807, 2.05) is 6.07 Å². The SMILES string of the molecule is COC(=O)c1ccc(C(O)c2cccc(C#N)c2)o1. The molecule has 1 unspecified atom stereocenters. The van der Waals surface area contributed by atoms with Crippen molar-refractivity contribution >= 4 is 5.97 Å². The van der Waals surface area contributed by atoms with Crippen LogP contribution in [0.15, 0.2) is 40.8 Å². The van der Waals surface area contributed by atoms with Crippen molar-refractivity contribution in [2.24, 2.45) is 0 Å². The second-order valence-corrected chi connectivity index (χ2v) is 3.83. The lowest BCUT2D eigenvalue weighted by molar-refractivity contribution is 0.0558. The van der Waals surface area contributed by atoms with E-state index in [1.165, 1.54) is 19.2 Å². The van der Waals surface area contributed by atoms with Crippen LogP contribution in [0.3, 0.4) is 0 Å².